The molecule has 154 valence electrons. The van der Waals surface area contributed by atoms with Crippen molar-refractivity contribution in [2.75, 3.05) is 6.61 Å². The summed E-state index contributed by atoms with van der Waals surface area (Å²) in [4.78, 5) is 28.4. The van der Waals surface area contributed by atoms with E-state index >= 15 is 0 Å². The number of hydrogen-bond acceptors (Lipinski definition) is 6. The first kappa shape index (κ1) is 21.8. The largest absolute Gasteiger partial charge is 0.482 e. The molecule has 0 amide bonds. The molecule has 0 saturated heterocycles. The molecule has 2 aromatic carbocycles. The first-order chi connectivity index (χ1) is 14.3. The summed E-state index contributed by atoms with van der Waals surface area (Å²) in [5.41, 5.74) is 0.446. The molecule has 0 fully saturated rings. The van der Waals surface area contributed by atoms with Gasteiger partial charge in [-0.05, 0) is 40.2 Å². The van der Waals surface area contributed by atoms with Crippen LogP contribution in [-0.2, 0) is 6.42 Å². The van der Waals surface area contributed by atoms with Crippen molar-refractivity contribution in [3.8, 4) is 5.75 Å². The number of nitro benzene ring substituents is 1. The molecule has 30 heavy (non-hydrogen) atoms. The monoisotopic (exact) mass is 534 g/mol. The normalized spacial score (nSPS) is 11.2. The highest BCUT2D eigenvalue weighted by Crippen LogP contribution is 2.36. The lowest BCUT2D eigenvalue weighted by atomic mass is 10.2. The van der Waals surface area contributed by atoms with Crippen LogP contribution in [0.15, 0.2) is 61.8 Å². The summed E-state index contributed by atoms with van der Waals surface area (Å²) in [6, 6.07) is 8.21. The maximum absolute atomic E-state index is 12.9. The SMILES string of the molecule is C=CCOc1c(Br)cc(C=Nn2c(CC)nc3ccc(Br)cc3c2=O)cc1[N+](=O)[O-]. The molecule has 0 radical (unpaired) electrons. The van der Waals surface area contributed by atoms with Gasteiger partial charge in [-0.15, -0.1) is 0 Å². The van der Waals surface area contributed by atoms with Gasteiger partial charge in [0, 0.05) is 22.5 Å². The summed E-state index contributed by atoms with van der Waals surface area (Å²) in [5.74, 6) is 0.575. The number of ether oxygens (including phenoxy) is 1. The van der Waals surface area contributed by atoms with Gasteiger partial charge >= 0.3 is 5.69 Å². The van der Waals surface area contributed by atoms with E-state index in [9.17, 15) is 14.9 Å². The van der Waals surface area contributed by atoms with Gasteiger partial charge < -0.3 is 4.74 Å². The van der Waals surface area contributed by atoms with Crippen molar-refractivity contribution < 1.29 is 9.66 Å². The Morgan fingerprint density at radius 2 is 2.10 bits per heavy atom. The molecule has 0 saturated carbocycles. The van der Waals surface area contributed by atoms with Gasteiger partial charge in [0.1, 0.15) is 12.4 Å². The summed E-state index contributed by atoms with van der Waals surface area (Å²) in [7, 11) is 0. The predicted octanol–water partition coefficient (Wildman–Crippen LogP) is 4.84. The van der Waals surface area contributed by atoms with Gasteiger partial charge in [0.25, 0.3) is 5.56 Å². The van der Waals surface area contributed by atoms with Crippen molar-refractivity contribution in [2.45, 2.75) is 13.3 Å². The highest BCUT2D eigenvalue weighted by Gasteiger charge is 2.20. The van der Waals surface area contributed by atoms with E-state index in [1.54, 1.807) is 18.2 Å². The second-order valence-corrected chi connectivity index (χ2v) is 7.88. The molecule has 8 nitrogen and oxygen atoms in total. The second kappa shape index (κ2) is 9.31. The third kappa shape index (κ3) is 4.49. The number of fused-ring (bicyclic) bond motifs is 1. The van der Waals surface area contributed by atoms with E-state index in [0.29, 0.717) is 33.2 Å². The summed E-state index contributed by atoms with van der Waals surface area (Å²) in [6.45, 7) is 5.53. The van der Waals surface area contributed by atoms with Gasteiger partial charge in [0.2, 0.25) is 5.75 Å². The van der Waals surface area contributed by atoms with Gasteiger partial charge in [-0.2, -0.15) is 9.78 Å². The minimum Gasteiger partial charge on any atom is -0.482 e. The van der Waals surface area contributed by atoms with E-state index in [2.05, 4.69) is 48.5 Å². The van der Waals surface area contributed by atoms with E-state index in [1.165, 1.54) is 23.0 Å². The van der Waals surface area contributed by atoms with Gasteiger partial charge in [0.05, 0.1) is 26.5 Å². The number of hydrogen-bond donors (Lipinski definition) is 0. The fourth-order valence-electron chi connectivity index (χ4n) is 2.76. The molecule has 0 aliphatic carbocycles. The maximum Gasteiger partial charge on any atom is 0.312 e. The van der Waals surface area contributed by atoms with Gasteiger partial charge in [-0.1, -0.05) is 35.5 Å². The van der Waals surface area contributed by atoms with Gasteiger partial charge in [-0.3, -0.25) is 14.9 Å². The van der Waals surface area contributed by atoms with Crippen LogP contribution in [0.2, 0.25) is 0 Å². The molecule has 3 rings (SSSR count). The van der Waals surface area contributed by atoms with E-state index in [0.717, 1.165) is 4.47 Å². The van der Waals surface area contributed by atoms with Crippen LogP contribution in [0.25, 0.3) is 10.9 Å². The van der Waals surface area contributed by atoms with Crippen LogP contribution in [0.5, 0.6) is 5.75 Å². The molecule has 3 aromatic rings. The zero-order valence-corrected chi connectivity index (χ0v) is 19.0. The summed E-state index contributed by atoms with van der Waals surface area (Å²) in [6.07, 6.45) is 3.35. The zero-order valence-electron chi connectivity index (χ0n) is 15.8. The van der Waals surface area contributed by atoms with Crippen LogP contribution in [0.3, 0.4) is 0 Å². The van der Waals surface area contributed by atoms with Crippen LogP contribution in [0.4, 0.5) is 5.69 Å². The number of aromatic nitrogens is 2. The molecule has 1 heterocycles. The molecule has 0 bridgehead atoms. The van der Waals surface area contributed by atoms with Crippen LogP contribution >= 0.6 is 31.9 Å². The summed E-state index contributed by atoms with van der Waals surface area (Å²) >= 11 is 6.65. The third-order valence-electron chi connectivity index (χ3n) is 4.10. The number of halogens is 2. The van der Waals surface area contributed by atoms with Crippen molar-refractivity contribution in [3.63, 3.8) is 0 Å². The minimum absolute atomic E-state index is 0.0979. The molecule has 0 aliphatic rings. The molecule has 0 spiro atoms. The Labute approximate surface area is 188 Å². The topological polar surface area (TPSA) is 99.6 Å². The fourth-order valence-corrected chi connectivity index (χ4v) is 3.70. The fraction of sp³-hybridized carbons (Fsp3) is 0.150. The Morgan fingerprint density at radius 3 is 2.77 bits per heavy atom. The first-order valence-corrected chi connectivity index (χ1v) is 10.4. The van der Waals surface area contributed by atoms with Gasteiger partial charge in [0.15, 0.2) is 0 Å². The Morgan fingerprint density at radius 1 is 1.33 bits per heavy atom. The summed E-state index contributed by atoms with van der Waals surface area (Å²) < 4.78 is 7.74. The highest BCUT2D eigenvalue weighted by atomic mass is 79.9. The Kier molecular flexibility index (Phi) is 6.78. The van der Waals surface area contributed by atoms with Crippen LogP contribution in [0.1, 0.15) is 18.3 Å². The maximum atomic E-state index is 12.9. The Balaban J connectivity index is 2.10. The lowest BCUT2D eigenvalue weighted by Crippen LogP contribution is -2.22. The molecular formula is C20H16Br2N4O4. The van der Waals surface area contributed by atoms with Crippen molar-refractivity contribution >= 4 is 54.7 Å². The first-order valence-electron chi connectivity index (χ1n) is 8.82. The van der Waals surface area contributed by atoms with Crippen molar-refractivity contribution in [3.05, 3.63) is 83.8 Å². The van der Waals surface area contributed by atoms with Gasteiger partial charge in [-0.25, -0.2) is 4.98 Å². The number of benzene rings is 2. The Bertz CT molecular complexity index is 1240. The van der Waals surface area contributed by atoms with Crippen LogP contribution in [0, 0.1) is 10.1 Å². The van der Waals surface area contributed by atoms with Crippen molar-refractivity contribution in [1.29, 1.82) is 0 Å². The minimum atomic E-state index is -0.542. The zero-order chi connectivity index (χ0) is 21.8. The van der Waals surface area contributed by atoms with E-state index in [-0.39, 0.29) is 23.6 Å². The van der Waals surface area contributed by atoms with Crippen LogP contribution < -0.4 is 10.3 Å². The smallest absolute Gasteiger partial charge is 0.312 e. The quantitative estimate of drug-likeness (QED) is 0.186. The lowest BCUT2D eigenvalue weighted by molar-refractivity contribution is -0.385. The number of rotatable bonds is 7. The molecular weight excluding hydrogens is 520 g/mol. The standard InChI is InChI=1S/C20H16Br2N4O4/c1-3-7-30-19-15(22)8-12(9-17(19)26(28)29)11-23-25-18(4-2)24-16-6-5-13(21)10-14(16)20(25)27/h3,5-6,8-11H,1,4,7H2,2H3. The number of nitro groups is 1. The molecule has 0 aliphatic heterocycles. The molecule has 0 N–H and O–H groups in total. The molecule has 0 atom stereocenters. The average Bonchev–Trinajstić information content (AvgIpc) is 2.72. The second-order valence-electron chi connectivity index (χ2n) is 6.11. The van der Waals surface area contributed by atoms with E-state index in [1.807, 2.05) is 13.0 Å². The van der Waals surface area contributed by atoms with Crippen molar-refractivity contribution in [2.24, 2.45) is 5.10 Å². The Hall–Kier alpha value is -2.85. The highest BCUT2D eigenvalue weighted by molar-refractivity contribution is 9.10. The van der Waals surface area contributed by atoms with Crippen LogP contribution in [-0.4, -0.2) is 27.4 Å². The van der Waals surface area contributed by atoms with Crippen molar-refractivity contribution in [1.82, 2.24) is 9.66 Å². The number of aryl methyl sites for hydroxylation is 1. The third-order valence-corrected chi connectivity index (χ3v) is 5.18. The number of nitrogens with zero attached hydrogens (tertiary/aromatic N) is 4. The average molecular weight is 536 g/mol. The predicted molar refractivity (Wildman–Crippen MR) is 123 cm³/mol. The molecule has 1 aromatic heterocycles. The molecule has 0 unspecified atom stereocenters. The van der Waals surface area contributed by atoms with E-state index < -0.39 is 4.92 Å². The summed E-state index contributed by atoms with van der Waals surface area (Å²) in [5, 5.41) is 16.1. The van der Waals surface area contributed by atoms with E-state index in [4.69, 9.17) is 4.74 Å². The molecule has 10 heteroatoms. The lowest BCUT2D eigenvalue weighted by Gasteiger charge is -2.09.